The molecule has 0 unspecified atom stereocenters. The Morgan fingerprint density at radius 1 is 1.33 bits per heavy atom. The van der Waals surface area contributed by atoms with Crippen molar-refractivity contribution >= 4 is 14.0 Å². The molecule has 0 aromatic rings. The van der Waals surface area contributed by atoms with Crippen LogP contribution in [0, 0.1) is 0 Å². The zero-order valence-corrected chi connectivity index (χ0v) is 7.99. The van der Waals surface area contributed by atoms with Gasteiger partial charge in [-0.3, -0.25) is 0 Å². The number of hydrogen-bond acceptors (Lipinski definition) is 1. The van der Waals surface area contributed by atoms with E-state index in [9.17, 15) is 3.50 Å². The van der Waals surface area contributed by atoms with Gasteiger partial charge in [0.15, 0.2) is 0 Å². The molecule has 52 valence electrons. The van der Waals surface area contributed by atoms with Crippen LogP contribution in [-0.4, -0.2) is 31.9 Å². The van der Waals surface area contributed by atoms with Gasteiger partial charge in [0.25, 0.3) is 0 Å². The predicted molar refractivity (Wildman–Crippen MR) is 40.9 cm³/mol. The fourth-order valence-electron chi connectivity index (χ4n) is 0.448. The number of halogens is 1. The van der Waals surface area contributed by atoms with Gasteiger partial charge in [0.2, 0.25) is 0 Å². The van der Waals surface area contributed by atoms with Crippen molar-refractivity contribution in [2.45, 2.75) is 0 Å². The predicted octanol–water partition coefficient (Wildman–Crippen LogP) is 1.41. The number of nitrogens with zero attached hydrogens (tertiary/aromatic N) is 1. The molecule has 1 nitrogen and oxygen atoms in total. The van der Waals surface area contributed by atoms with Gasteiger partial charge < -0.3 is 0 Å². The van der Waals surface area contributed by atoms with Crippen LogP contribution in [0.5, 0.6) is 0 Å². The molecule has 0 aromatic carbocycles. The first-order chi connectivity index (χ1) is 4.06. The molecule has 0 amide bonds. The summed E-state index contributed by atoms with van der Waals surface area (Å²) in [6.07, 6.45) is 0. The third kappa shape index (κ3) is 1.95. The van der Waals surface area contributed by atoms with Crippen molar-refractivity contribution < 1.29 is 3.50 Å². The summed E-state index contributed by atoms with van der Waals surface area (Å²) in [5.41, 5.74) is 0. The van der Waals surface area contributed by atoms with Crippen LogP contribution in [0.2, 0.25) is 0 Å². The molecule has 0 aromatic heterocycles. The zero-order valence-electron chi connectivity index (χ0n) is 5.89. The molecule has 0 radical (unpaired) electrons. The molecule has 0 aliphatic carbocycles. The van der Waals surface area contributed by atoms with Gasteiger partial charge in [-0.15, -0.1) is 0 Å². The first kappa shape index (κ1) is 8.91. The molecule has 0 heterocycles. The van der Waals surface area contributed by atoms with Crippen molar-refractivity contribution in [2.24, 2.45) is 0 Å². The Morgan fingerprint density at radius 2 is 1.67 bits per heavy atom. The molecule has 0 fully saturated rings. The van der Waals surface area contributed by atoms with Gasteiger partial charge in [0.05, 0.1) is 0 Å². The molecule has 0 saturated heterocycles. The summed E-state index contributed by atoms with van der Waals surface area (Å²) in [4.78, 5) is 2.79. The van der Waals surface area contributed by atoms with Gasteiger partial charge in [0.1, 0.15) is 0 Å². The average molecular weight is 190 g/mol. The van der Waals surface area contributed by atoms with Crippen LogP contribution in [0.25, 0.3) is 0 Å². The van der Waals surface area contributed by atoms with E-state index in [4.69, 9.17) is 0 Å². The van der Waals surface area contributed by atoms with Crippen molar-refractivity contribution in [3.63, 3.8) is 0 Å². The van der Waals surface area contributed by atoms with Crippen molar-refractivity contribution in [1.82, 2.24) is 3.86 Å². The Bertz CT molecular complexity index is 114. The van der Waals surface area contributed by atoms with E-state index in [1.165, 1.54) is 9.82 Å². The Labute approximate surface area is 58.9 Å². The molecule has 0 atom stereocenters. The maximum atomic E-state index is 13.2. The number of rotatable bonds is 3. The van der Waals surface area contributed by atoms with Gasteiger partial charge in [-0.1, -0.05) is 0 Å². The van der Waals surface area contributed by atoms with Crippen LogP contribution in [0.1, 0.15) is 0 Å². The topological polar surface area (TPSA) is 3.24 Å². The average Bonchev–Trinajstić information content (AvgIpc) is 1.86. The van der Waals surface area contributed by atoms with E-state index < -0.39 is 14.0 Å². The SMILES string of the molecule is C=[CH][Ge]([F])([CH]=C)[N](C)C. The van der Waals surface area contributed by atoms with E-state index in [1.807, 2.05) is 0 Å². The van der Waals surface area contributed by atoms with E-state index >= 15 is 0 Å². The van der Waals surface area contributed by atoms with Crippen LogP contribution in [0.15, 0.2) is 23.0 Å². The van der Waals surface area contributed by atoms with E-state index in [0.29, 0.717) is 0 Å². The van der Waals surface area contributed by atoms with E-state index in [-0.39, 0.29) is 0 Å². The molecule has 0 aliphatic rings. The van der Waals surface area contributed by atoms with Gasteiger partial charge >= 0.3 is 58.4 Å². The Balaban J connectivity index is 4.26. The molecule has 0 rings (SSSR count). The van der Waals surface area contributed by atoms with Gasteiger partial charge in [-0.25, -0.2) is 0 Å². The molecular formula is C6H12FGeN. The Hall–Kier alpha value is -0.0871. The third-order valence-electron chi connectivity index (χ3n) is 1.26. The second-order valence-corrected chi connectivity index (χ2v) is 8.67. The van der Waals surface area contributed by atoms with Crippen LogP contribution in [0.3, 0.4) is 0 Å². The first-order valence-corrected chi connectivity index (χ1v) is 6.85. The second kappa shape index (κ2) is 3.18. The zero-order chi connectivity index (χ0) is 7.49. The summed E-state index contributed by atoms with van der Waals surface area (Å²) in [5, 5.41) is 0. The molecule has 3 heteroatoms. The van der Waals surface area contributed by atoms with E-state index in [2.05, 4.69) is 13.2 Å². The van der Waals surface area contributed by atoms with Crippen LogP contribution < -0.4 is 0 Å². The molecule has 0 bridgehead atoms. The normalized spacial score (nSPS) is 11.6. The summed E-state index contributed by atoms with van der Waals surface area (Å²) >= 11 is -3.39. The third-order valence-corrected chi connectivity index (χ3v) is 6.54. The molecule has 0 saturated carbocycles. The van der Waals surface area contributed by atoms with E-state index in [0.717, 1.165) is 0 Å². The molecule has 0 aliphatic heterocycles. The maximum absolute atomic E-state index is 13.2. The summed E-state index contributed by atoms with van der Waals surface area (Å²) in [6.45, 7) is 6.84. The van der Waals surface area contributed by atoms with Crippen molar-refractivity contribution in [3.8, 4) is 0 Å². The monoisotopic (exact) mass is 191 g/mol. The minimum absolute atomic E-state index is 1.40. The van der Waals surface area contributed by atoms with Crippen LogP contribution in [-0.2, 0) is 0 Å². The van der Waals surface area contributed by atoms with Crippen molar-refractivity contribution in [2.75, 3.05) is 14.1 Å². The fraction of sp³-hybridized carbons (Fsp3) is 0.333. The molecule has 9 heavy (non-hydrogen) atoms. The molecular weight excluding hydrogens is 178 g/mol. The van der Waals surface area contributed by atoms with Crippen molar-refractivity contribution in [1.29, 1.82) is 0 Å². The minimum atomic E-state index is -3.39. The summed E-state index contributed by atoms with van der Waals surface area (Å²) in [5.74, 6) is 0. The van der Waals surface area contributed by atoms with Crippen molar-refractivity contribution in [3.05, 3.63) is 23.0 Å². The van der Waals surface area contributed by atoms with Crippen LogP contribution >= 0.6 is 0 Å². The van der Waals surface area contributed by atoms with Gasteiger partial charge in [-0.2, -0.15) is 0 Å². The summed E-state index contributed by atoms with van der Waals surface area (Å²) < 4.78 is 14.8. The Kier molecular flexibility index (Phi) is 3.14. The van der Waals surface area contributed by atoms with Gasteiger partial charge in [0, 0.05) is 0 Å². The van der Waals surface area contributed by atoms with Gasteiger partial charge in [-0.05, 0) is 0 Å². The summed E-state index contributed by atoms with van der Waals surface area (Å²) in [7, 11) is 3.42. The molecule has 0 N–H and O–H groups in total. The fourth-order valence-corrected chi connectivity index (χ4v) is 2.33. The summed E-state index contributed by atoms with van der Waals surface area (Å²) in [6, 6.07) is 0. The second-order valence-electron chi connectivity index (χ2n) is 2.03. The quantitative estimate of drug-likeness (QED) is 0.607. The molecule has 0 spiro atoms. The standard InChI is InChI=1S/C6H12FGeN/c1-5-8(7,6-2)9(3)4/h5-6H,1-2H2,3-4H3. The van der Waals surface area contributed by atoms with E-state index in [1.54, 1.807) is 18.0 Å². The Morgan fingerprint density at radius 3 is 1.67 bits per heavy atom. The first-order valence-electron chi connectivity index (χ1n) is 2.70. The van der Waals surface area contributed by atoms with Crippen LogP contribution in [0.4, 0.5) is 3.50 Å². The number of hydrogen-bond donors (Lipinski definition) is 0.